The van der Waals surface area contributed by atoms with Crippen LogP contribution in [0.3, 0.4) is 0 Å². The number of carbonyl (C=O) groups excluding carboxylic acids is 1. The summed E-state index contributed by atoms with van der Waals surface area (Å²) in [5, 5.41) is 4.06. The molecule has 0 spiro atoms. The fraction of sp³-hybridized carbons (Fsp3) is 0.250. The molecule has 5 heteroatoms. The maximum atomic E-state index is 11.9. The number of aromatic nitrogens is 1. The molecule has 3 rings (SSSR count). The van der Waals surface area contributed by atoms with E-state index in [2.05, 4.69) is 28.5 Å². The van der Waals surface area contributed by atoms with E-state index in [-0.39, 0.29) is 12.5 Å². The van der Waals surface area contributed by atoms with E-state index in [1.54, 1.807) is 12.1 Å². The monoisotopic (exact) mass is 338 g/mol. The van der Waals surface area contributed by atoms with E-state index < -0.39 is 0 Å². The Morgan fingerprint density at radius 2 is 1.80 bits per heavy atom. The van der Waals surface area contributed by atoms with E-state index in [0.29, 0.717) is 18.9 Å². The van der Waals surface area contributed by atoms with Gasteiger partial charge in [0.25, 0.3) is 5.91 Å². The number of rotatable bonds is 8. The van der Waals surface area contributed by atoms with Gasteiger partial charge in [0.15, 0.2) is 6.61 Å². The highest BCUT2D eigenvalue weighted by molar-refractivity contribution is 5.80. The summed E-state index contributed by atoms with van der Waals surface area (Å²) in [6, 6.07) is 15.6. The number of ether oxygens (including phenoxy) is 2. The van der Waals surface area contributed by atoms with Crippen molar-refractivity contribution in [3.63, 3.8) is 0 Å². The minimum Gasteiger partial charge on any atom is -0.494 e. The highest BCUT2D eigenvalue weighted by Gasteiger charge is 2.04. The molecule has 0 radical (unpaired) electrons. The Hall–Kier alpha value is -2.95. The molecule has 0 aliphatic carbocycles. The van der Waals surface area contributed by atoms with Gasteiger partial charge in [-0.2, -0.15) is 0 Å². The average Bonchev–Trinajstić information content (AvgIpc) is 3.09. The van der Waals surface area contributed by atoms with Gasteiger partial charge in [0.2, 0.25) is 0 Å². The van der Waals surface area contributed by atoms with Gasteiger partial charge in [-0.25, -0.2) is 0 Å². The first-order valence-corrected chi connectivity index (χ1v) is 8.43. The fourth-order valence-corrected chi connectivity index (χ4v) is 2.60. The van der Waals surface area contributed by atoms with Crippen LogP contribution in [0.15, 0.2) is 54.7 Å². The van der Waals surface area contributed by atoms with Crippen LogP contribution in [-0.2, 0) is 11.2 Å². The lowest BCUT2D eigenvalue weighted by Crippen LogP contribution is -2.30. The Bertz CT molecular complexity index is 824. The second kappa shape index (κ2) is 8.24. The third kappa shape index (κ3) is 4.76. The van der Waals surface area contributed by atoms with Crippen molar-refractivity contribution in [2.75, 3.05) is 19.8 Å². The first kappa shape index (κ1) is 16.9. The smallest absolute Gasteiger partial charge is 0.257 e. The van der Waals surface area contributed by atoms with Crippen LogP contribution in [0.1, 0.15) is 12.5 Å². The summed E-state index contributed by atoms with van der Waals surface area (Å²) in [5.74, 6) is 1.31. The second-order valence-electron chi connectivity index (χ2n) is 5.69. The number of benzene rings is 2. The van der Waals surface area contributed by atoms with Gasteiger partial charge in [0.05, 0.1) is 6.61 Å². The first-order chi connectivity index (χ1) is 12.2. The van der Waals surface area contributed by atoms with Crippen LogP contribution in [0.5, 0.6) is 11.5 Å². The molecule has 0 atom stereocenters. The molecule has 3 aromatic rings. The molecule has 0 unspecified atom stereocenters. The summed E-state index contributed by atoms with van der Waals surface area (Å²) in [6.07, 6.45) is 2.71. The van der Waals surface area contributed by atoms with Crippen LogP contribution in [-0.4, -0.2) is 30.6 Å². The zero-order chi connectivity index (χ0) is 17.5. The quantitative estimate of drug-likeness (QED) is 0.662. The van der Waals surface area contributed by atoms with Gasteiger partial charge in [0, 0.05) is 18.3 Å². The molecule has 1 heterocycles. The number of H-pyrrole nitrogens is 1. The standard InChI is InChI=1S/C20H22N2O3/c1-2-24-17-4-6-18(7-5-17)25-14-20(23)22-11-9-15-3-8-19-16(13-15)10-12-21-19/h3-8,10,12-13,21H,2,9,11,14H2,1H3,(H,22,23). The SMILES string of the molecule is CCOc1ccc(OCC(=O)NCCc2ccc3[nH]ccc3c2)cc1. The first-order valence-electron chi connectivity index (χ1n) is 8.43. The molecular weight excluding hydrogens is 316 g/mol. The molecule has 1 aromatic heterocycles. The third-order valence-electron chi connectivity index (χ3n) is 3.86. The molecule has 5 nitrogen and oxygen atoms in total. The largest absolute Gasteiger partial charge is 0.494 e. The van der Waals surface area contributed by atoms with Crippen molar-refractivity contribution >= 4 is 16.8 Å². The van der Waals surface area contributed by atoms with E-state index >= 15 is 0 Å². The molecule has 0 aliphatic heterocycles. The van der Waals surface area contributed by atoms with Crippen molar-refractivity contribution in [1.29, 1.82) is 0 Å². The molecular formula is C20H22N2O3. The van der Waals surface area contributed by atoms with Gasteiger partial charge in [-0.3, -0.25) is 4.79 Å². The number of aromatic amines is 1. The van der Waals surface area contributed by atoms with Crippen molar-refractivity contribution in [2.45, 2.75) is 13.3 Å². The molecule has 2 aromatic carbocycles. The normalized spacial score (nSPS) is 10.6. The van der Waals surface area contributed by atoms with Crippen LogP contribution in [0.25, 0.3) is 10.9 Å². The van der Waals surface area contributed by atoms with Crippen molar-refractivity contribution < 1.29 is 14.3 Å². The summed E-state index contributed by atoms with van der Waals surface area (Å²) in [6.45, 7) is 3.15. The number of hydrogen-bond donors (Lipinski definition) is 2. The molecule has 0 bridgehead atoms. The van der Waals surface area contributed by atoms with Gasteiger partial charge >= 0.3 is 0 Å². The molecule has 0 saturated carbocycles. The third-order valence-corrected chi connectivity index (χ3v) is 3.86. The Balaban J connectivity index is 1.40. The summed E-state index contributed by atoms with van der Waals surface area (Å²) < 4.78 is 10.8. The maximum Gasteiger partial charge on any atom is 0.257 e. The number of hydrogen-bond acceptors (Lipinski definition) is 3. The molecule has 130 valence electrons. The Morgan fingerprint density at radius 1 is 1.04 bits per heavy atom. The lowest BCUT2D eigenvalue weighted by Gasteiger charge is -2.09. The Kier molecular flexibility index (Phi) is 5.57. The second-order valence-corrected chi connectivity index (χ2v) is 5.69. The summed E-state index contributed by atoms with van der Waals surface area (Å²) in [5.41, 5.74) is 2.32. The summed E-state index contributed by atoms with van der Waals surface area (Å²) in [4.78, 5) is 15.1. The highest BCUT2D eigenvalue weighted by Crippen LogP contribution is 2.17. The van der Waals surface area contributed by atoms with Gasteiger partial charge in [-0.05, 0) is 66.8 Å². The number of nitrogens with one attached hydrogen (secondary N) is 2. The average molecular weight is 338 g/mol. The van der Waals surface area contributed by atoms with Crippen LogP contribution >= 0.6 is 0 Å². The summed E-state index contributed by atoms with van der Waals surface area (Å²) in [7, 11) is 0. The van der Waals surface area contributed by atoms with Crippen LogP contribution < -0.4 is 14.8 Å². The van der Waals surface area contributed by atoms with Crippen LogP contribution in [0.2, 0.25) is 0 Å². The van der Waals surface area contributed by atoms with E-state index in [4.69, 9.17) is 9.47 Å². The highest BCUT2D eigenvalue weighted by atomic mass is 16.5. The van der Waals surface area contributed by atoms with E-state index in [0.717, 1.165) is 17.7 Å². The van der Waals surface area contributed by atoms with Gasteiger partial charge < -0.3 is 19.8 Å². The van der Waals surface area contributed by atoms with E-state index in [1.807, 2.05) is 31.3 Å². The number of carbonyl (C=O) groups is 1. The van der Waals surface area contributed by atoms with Crippen molar-refractivity contribution in [3.8, 4) is 11.5 Å². The lowest BCUT2D eigenvalue weighted by molar-refractivity contribution is -0.123. The number of fused-ring (bicyclic) bond motifs is 1. The molecule has 25 heavy (non-hydrogen) atoms. The zero-order valence-electron chi connectivity index (χ0n) is 14.2. The predicted octanol–water partition coefficient (Wildman–Crippen LogP) is 3.30. The van der Waals surface area contributed by atoms with E-state index in [9.17, 15) is 4.79 Å². The van der Waals surface area contributed by atoms with Crippen LogP contribution in [0.4, 0.5) is 0 Å². The summed E-state index contributed by atoms with van der Waals surface area (Å²) >= 11 is 0. The minimum absolute atomic E-state index is 0.00479. The van der Waals surface area contributed by atoms with Crippen molar-refractivity contribution in [2.24, 2.45) is 0 Å². The minimum atomic E-state index is -0.128. The van der Waals surface area contributed by atoms with Gasteiger partial charge in [-0.1, -0.05) is 6.07 Å². The topological polar surface area (TPSA) is 63.4 Å². The lowest BCUT2D eigenvalue weighted by atomic mass is 10.1. The molecule has 0 saturated heterocycles. The van der Waals surface area contributed by atoms with E-state index in [1.165, 1.54) is 10.9 Å². The van der Waals surface area contributed by atoms with Gasteiger partial charge in [0.1, 0.15) is 11.5 Å². The molecule has 0 fully saturated rings. The Morgan fingerprint density at radius 3 is 2.56 bits per heavy atom. The van der Waals surface area contributed by atoms with Gasteiger partial charge in [-0.15, -0.1) is 0 Å². The predicted molar refractivity (Wildman–Crippen MR) is 98.1 cm³/mol. The van der Waals surface area contributed by atoms with Crippen molar-refractivity contribution in [1.82, 2.24) is 10.3 Å². The Labute approximate surface area is 147 Å². The van der Waals surface area contributed by atoms with Crippen LogP contribution in [0, 0.1) is 0 Å². The number of amides is 1. The molecule has 0 aliphatic rings. The zero-order valence-corrected chi connectivity index (χ0v) is 14.2. The molecule has 2 N–H and O–H groups in total. The fourth-order valence-electron chi connectivity index (χ4n) is 2.60. The maximum absolute atomic E-state index is 11.9. The molecule has 1 amide bonds. The van der Waals surface area contributed by atoms with Crippen molar-refractivity contribution in [3.05, 3.63) is 60.3 Å².